The summed E-state index contributed by atoms with van der Waals surface area (Å²) in [7, 11) is 0. The molecule has 40 heavy (non-hydrogen) atoms. The number of aliphatic hydroxyl groups excluding tert-OH is 1. The molecule has 0 bridgehead atoms. The fraction of sp³-hybridized carbons (Fsp3) is 0.107. The highest BCUT2D eigenvalue weighted by Gasteiger charge is 2.34. The van der Waals surface area contributed by atoms with Crippen molar-refractivity contribution in [3.8, 4) is 5.75 Å². The van der Waals surface area contributed by atoms with Crippen LogP contribution in [0.3, 0.4) is 0 Å². The number of esters is 1. The summed E-state index contributed by atoms with van der Waals surface area (Å²) in [4.78, 5) is 29.9. The van der Waals surface area contributed by atoms with E-state index in [1.807, 2.05) is 0 Å². The second kappa shape index (κ2) is 13.6. The number of nitrogens with zero attached hydrogens (tertiary/aromatic N) is 1. The van der Waals surface area contributed by atoms with E-state index in [0.717, 1.165) is 17.3 Å². The summed E-state index contributed by atoms with van der Waals surface area (Å²) in [6.45, 7) is 1.92. The third-order valence-electron chi connectivity index (χ3n) is 5.38. The van der Waals surface area contributed by atoms with Crippen LogP contribution in [0.15, 0.2) is 84.8 Å². The number of hydrogen-bond acceptors (Lipinski definition) is 6. The molecule has 1 N–H and O–H groups in total. The summed E-state index contributed by atoms with van der Waals surface area (Å²) in [5, 5.41) is 12.2. The maximum absolute atomic E-state index is 12.8. The van der Waals surface area contributed by atoms with Gasteiger partial charge in [-0.2, -0.15) is 0 Å². The number of carbonyl (C=O) groups excluding carboxylic acids is 2. The van der Waals surface area contributed by atoms with Gasteiger partial charge in [0.25, 0.3) is 5.91 Å². The van der Waals surface area contributed by atoms with E-state index in [1.165, 1.54) is 6.07 Å². The summed E-state index contributed by atoms with van der Waals surface area (Å²) in [6.07, 6.45) is 1.65. The number of ether oxygens (including phenoxy) is 2. The monoisotopic (exact) mass is 743 g/mol. The smallest absolute Gasteiger partial charge is 0.344 e. The van der Waals surface area contributed by atoms with E-state index in [-0.39, 0.29) is 40.2 Å². The van der Waals surface area contributed by atoms with Gasteiger partial charge in [0, 0.05) is 15.6 Å². The zero-order chi connectivity index (χ0) is 29.0. The molecule has 0 spiro atoms. The Kier molecular flexibility index (Phi) is 10.4. The summed E-state index contributed by atoms with van der Waals surface area (Å²) in [5.74, 6) is -1.27. The molecule has 0 fully saturated rings. The Bertz CT molecular complexity index is 1580. The van der Waals surface area contributed by atoms with Crippen molar-refractivity contribution in [3.05, 3.63) is 112 Å². The summed E-state index contributed by atoms with van der Waals surface area (Å²) < 4.78 is 12.3. The normalized spacial score (nSPS) is 15.2. The lowest BCUT2D eigenvalue weighted by atomic mass is 10.1. The fourth-order valence-corrected chi connectivity index (χ4v) is 6.66. The Hall–Kier alpha value is -2.27. The molecule has 0 aliphatic carbocycles. The van der Waals surface area contributed by atoms with Crippen LogP contribution in [-0.4, -0.2) is 28.6 Å². The van der Waals surface area contributed by atoms with E-state index in [2.05, 4.69) is 36.9 Å². The predicted molar refractivity (Wildman–Crippen MR) is 168 cm³/mol. The Morgan fingerprint density at radius 3 is 2.38 bits per heavy atom. The molecule has 0 aromatic heterocycles. The molecule has 6 nitrogen and oxygen atoms in total. The third-order valence-corrected chi connectivity index (χ3v) is 8.50. The number of hydrogen-bond donors (Lipinski definition) is 1. The highest BCUT2D eigenvalue weighted by atomic mass is 79.9. The van der Waals surface area contributed by atoms with Crippen molar-refractivity contribution < 1.29 is 24.2 Å². The van der Waals surface area contributed by atoms with Crippen LogP contribution in [0.1, 0.15) is 28.4 Å². The van der Waals surface area contributed by atoms with Gasteiger partial charge in [0.1, 0.15) is 28.7 Å². The molecule has 0 saturated heterocycles. The first-order chi connectivity index (χ1) is 19.1. The Balaban J connectivity index is 1.64. The quantitative estimate of drug-likeness (QED) is 0.243. The number of aliphatic hydroxyl groups is 1. The van der Waals surface area contributed by atoms with Gasteiger partial charge in [0.2, 0.25) is 0 Å². The molecule has 206 valence electrons. The van der Waals surface area contributed by atoms with Crippen molar-refractivity contribution in [2.45, 2.75) is 13.5 Å². The van der Waals surface area contributed by atoms with Crippen molar-refractivity contribution in [1.29, 1.82) is 0 Å². The van der Waals surface area contributed by atoms with Gasteiger partial charge < -0.3 is 14.6 Å². The molecule has 1 aliphatic heterocycles. The van der Waals surface area contributed by atoms with Gasteiger partial charge in [-0.25, -0.2) is 9.79 Å². The molecule has 1 heterocycles. The standard InChI is InChI=1S/C28H18Br2Cl3NO5S/c1-2-38-28(37)23-24(35)22(40-27(23)34-26(36)17-5-3-4-6-20(17)32)11-14-9-18(29)25(19(30)10-14)39-13-15-7-8-16(31)12-21(15)33/h3-12,35H,2,13H2,1H3/b22-11-,34-27?. The molecule has 3 aromatic carbocycles. The highest BCUT2D eigenvalue weighted by Crippen LogP contribution is 2.41. The summed E-state index contributed by atoms with van der Waals surface area (Å²) in [5.41, 5.74) is 1.39. The minimum atomic E-state index is -0.798. The lowest BCUT2D eigenvalue weighted by molar-refractivity contribution is -0.138. The lowest BCUT2D eigenvalue weighted by Gasteiger charge is -2.12. The first-order valence-corrected chi connectivity index (χ1v) is 15.1. The molecule has 0 unspecified atom stereocenters. The van der Waals surface area contributed by atoms with Gasteiger partial charge in [0.15, 0.2) is 0 Å². The number of halogens is 5. The van der Waals surface area contributed by atoms with Crippen LogP contribution < -0.4 is 4.74 Å². The molecule has 4 rings (SSSR count). The molecular weight excluding hydrogens is 729 g/mol. The minimum Gasteiger partial charge on any atom is -0.506 e. The van der Waals surface area contributed by atoms with Crippen LogP contribution in [0, 0.1) is 0 Å². The van der Waals surface area contributed by atoms with E-state index < -0.39 is 11.9 Å². The van der Waals surface area contributed by atoms with Crippen molar-refractivity contribution in [1.82, 2.24) is 0 Å². The fourth-order valence-electron chi connectivity index (χ4n) is 3.52. The lowest BCUT2D eigenvalue weighted by Crippen LogP contribution is -2.14. The van der Waals surface area contributed by atoms with E-state index in [1.54, 1.807) is 61.5 Å². The van der Waals surface area contributed by atoms with E-state index >= 15 is 0 Å². The van der Waals surface area contributed by atoms with Crippen LogP contribution in [0.25, 0.3) is 6.08 Å². The number of benzene rings is 3. The van der Waals surface area contributed by atoms with E-state index in [0.29, 0.717) is 35.2 Å². The number of rotatable bonds is 7. The maximum Gasteiger partial charge on any atom is 0.344 e. The van der Waals surface area contributed by atoms with Crippen molar-refractivity contribution in [2.24, 2.45) is 4.99 Å². The molecule has 0 radical (unpaired) electrons. The molecule has 3 aromatic rings. The topological polar surface area (TPSA) is 85.2 Å². The van der Waals surface area contributed by atoms with Crippen molar-refractivity contribution in [3.63, 3.8) is 0 Å². The number of carbonyl (C=O) groups is 2. The first kappa shape index (κ1) is 30.7. The van der Waals surface area contributed by atoms with Crippen LogP contribution in [0.2, 0.25) is 15.1 Å². The summed E-state index contributed by atoms with van der Waals surface area (Å²) >= 11 is 26.4. The van der Waals surface area contributed by atoms with Gasteiger partial charge in [-0.15, -0.1) is 0 Å². The Morgan fingerprint density at radius 1 is 1.02 bits per heavy atom. The second-order valence-electron chi connectivity index (χ2n) is 8.09. The zero-order valence-corrected chi connectivity index (χ0v) is 26.8. The van der Waals surface area contributed by atoms with E-state index in [9.17, 15) is 14.7 Å². The first-order valence-electron chi connectivity index (χ1n) is 11.5. The molecule has 12 heteroatoms. The van der Waals surface area contributed by atoms with Gasteiger partial charge in [-0.05, 0) is 86.8 Å². The summed E-state index contributed by atoms with van der Waals surface area (Å²) in [6, 6.07) is 15.1. The van der Waals surface area contributed by atoms with E-state index in [4.69, 9.17) is 44.3 Å². The largest absolute Gasteiger partial charge is 0.506 e. The molecular formula is C28H18Br2Cl3NO5S. The second-order valence-corrected chi connectivity index (χ2v) is 12.1. The molecule has 1 amide bonds. The Labute approximate surface area is 266 Å². The van der Waals surface area contributed by atoms with Gasteiger partial charge in [0.05, 0.1) is 31.0 Å². The SMILES string of the molecule is CCOC(=O)C1=C(O)/C(=C/c2cc(Br)c(OCc3ccc(Cl)cc3Cl)c(Br)c2)SC1=NC(=O)c1ccccc1Cl. The van der Waals surface area contributed by atoms with Crippen LogP contribution in [0.4, 0.5) is 0 Å². The zero-order valence-electron chi connectivity index (χ0n) is 20.5. The number of amides is 1. The Morgan fingerprint density at radius 2 is 1.73 bits per heavy atom. The molecule has 1 aliphatic rings. The third kappa shape index (κ3) is 7.13. The molecule has 0 atom stereocenters. The van der Waals surface area contributed by atoms with Crippen LogP contribution in [-0.2, 0) is 16.1 Å². The van der Waals surface area contributed by atoms with Crippen molar-refractivity contribution >= 4 is 101 Å². The molecule has 0 saturated carbocycles. The highest BCUT2D eigenvalue weighted by molar-refractivity contribution is 9.11. The van der Waals surface area contributed by atoms with Crippen LogP contribution >= 0.6 is 78.4 Å². The van der Waals surface area contributed by atoms with Gasteiger partial charge in [-0.1, -0.05) is 64.8 Å². The number of thioether (sulfide) groups is 1. The average Bonchev–Trinajstić information content (AvgIpc) is 3.19. The van der Waals surface area contributed by atoms with Crippen LogP contribution in [0.5, 0.6) is 5.75 Å². The number of aliphatic imine (C=N–C) groups is 1. The minimum absolute atomic E-state index is 0.00467. The maximum atomic E-state index is 12.8. The van der Waals surface area contributed by atoms with Crippen molar-refractivity contribution in [2.75, 3.05) is 6.61 Å². The van der Waals surface area contributed by atoms with Gasteiger partial charge >= 0.3 is 5.97 Å². The average molecular weight is 747 g/mol. The predicted octanol–water partition coefficient (Wildman–Crippen LogP) is 9.45. The van der Waals surface area contributed by atoms with Gasteiger partial charge in [-0.3, -0.25) is 4.79 Å².